The minimum atomic E-state index is -0.118. The summed E-state index contributed by atoms with van der Waals surface area (Å²) in [6, 6.07) is 58.3. The number of para-hydroxylation sites is 1. The van der Waals surface area contributed by atoms with Crippen molar-refractivity contribution in [2.45, 2.75) is 19.3 Å². The van der Waals surface area contributed by atoms with Crippen LogP contribution in [0.4, 0.5) is 0 Å². The SMILES string of the molecule is CC1(C)c2ccc(-c3c4ccccc4c(-c4cccc5ccccc45)c4ccccc34)cc2-c2cc3cc4oc5ccccc5c4cc3cc21. The van der Waals surface area contributed by atoms with E-state index < -0.39 is 0 Å². The Balaban J connectivity index is 1.17. The van der Waals surface area contributed by atoms with E-state index in [0.29, 0.717) is 0 Å². The van der Waals surface area contributed by atoms with Crippen LogP contribution in [0.5, 0.6) is 0 Å². The van der Waals surface area contributed by atoms with Crippen molar-refractivity contribution in [3.05, 3.63) is 169 Å². The molecule has 234 valence electrons. The predicted octanol–water partition coefficient (Wildman–Crippen LogP) is 13.8. The maximum absolute atomic E-state index is 6.31. The van der Waals surface area contributed by atoms with Gasteiger partial charge in [0.2, 0.25) is 0 Å². The first-order chi connectivity index (χ1) is 24.5. The second-order valence-electron chi connectivity index (χ2n) is 14.4. The van der Waals surface area contributed by atoms with E-state index in [1.165, 1.54) is 98.4 Å². The fraction of sp³-hybridized carbons (Fsp3) is 0.0612. The van der Waals surface area contributed by atoms with Crippen molar-refractivity contribution in [1.82, 2.24) is 0 Å². The number of fused-ring (bicyclic) bond motifs is 10. The molecular weight excluding hydrogens is 605 g/mol. The number of hydrogen-bond donors (Lipinski definition) is 0. The standard InChI is InChI=1S/C49H32O/c1-49(2)43-23-22-30(24-40(43)41-25-32-28-46-42(26-31(32)27-44(41)49)34-15-9-10-21-45(34)50-46)47-36-16-5-7-18-38(36)48(39-19-8-6-17-37(39)47)35-20-11-13-29-12-3-4-14-33(29)35/h3-28H,1-2H3. The third-order valence-corrected chi connectivity index (χ3v) is 11.4. The van der Waals surface area contributed by atoms with E-state index >= 15 is 0 Å². The highest BCUT2D eigenvalue weighted by atomic mass is 16.3. The molecule has 0 unspecified atom stereocenters. The van der Waals surface area contributed by atoms with Gasteiger partial charge in [0, 0.05) is 16.2 Å². The minimum absolute atomic E-state index is 0.118. The lowest BCUT2D eigenvalue weighted by atomic mass is 9.81. The van der Waals surface area contributed by atoms with Gasteiger partial charge in [-0.2, -0.15) is 0 Å². The van der Waals surface area contributed by atoms with Gasteiger partial charge in [0.15, 0.2) is 0 Å². The topological polar surface area (TPSA) is 13.1 Å². The summed E-state index contributed by atoms with van der Waals surface area (Å²) in [6.07, 6.45) is 0. The Hall–Kier alpha value is -6.18. The Morgan fingerprint density at radius 3 is 1.72 bits per heavy atom. The van der Waals surface area contributed by atoms with Gasteiger partial charge >= 0.3 is 0 Å². The van der Waals surface area contributed by atoms with E-state index in [1.54, 1.807) is 0 Å². The van der Waals surface area contributed by atoms with Crippen LogP contribution < -0.4 is 0 Å². The summed E-state index contributed by atoms with van der Waals surface area (Å²) in [5.41, 5.74) is 12.3. The molecule has 0 N–H and O–H groups in total. The van der Waals surface area contributed by atoms with E-state index in [1.807, 2.05) is 6.07 Å². The molecule has 0 spiro atoms. The molecule has 50 heavy (non-hydrogen) atoms. The Morgan fingerprint density at radius 1 is 0.360 bits per heavy atom. The summed E-state index contributed by atoms with van der Waals surface area (Å²) in [4.78, 5) is 0. The molecule has 0 bridgehead atoms. The van der Waals surface area contributed by atoms with Crippen molar-refractivity contribution >= 4 is 65.0 Å². The lowest BCUT2D eigenvalue weighted by Gasteiger charge is -2.22. The molecular formula is C49H32O. The van der Waals surface area contributed by atoms with Crippen LogP contribution in [0.15, 0.2) is 162 Å². The van der Waals surface area contributed by atoms with Crippen LogP contribution >= 0.6 is 0 Å². The van der Waals surface area contributed by atoms with Crippen molar-refractivity contribution in [2.75, 3.05) is 0 Å². The third-order valence-electron chi connectivity index (χ3n) is 11.4. The summed E-state index contributed by atoms with van der Waals surface area (Å²) in [5, 5.41) is 12.5. The normalized spacial score (nSPS) is 13.6. The van der Waals surface area contributed by atoms with E-state index in [4.69, 9.17) is 4.42 Å². The molecule has 0 radical (unpaired) electrons. The second-order valence-corrected chi connectivity index (χ2v) is 14.4. The third kappa shape index (κ3) is 3.72. The van der Waals surface area contributed by atoms with Crippen LogP contribution in [0.1, 0.15) is 25.0 Å². The van der Waals surface area contributed by atoms with Crippen LogP contribution in [-0.4, -0.2) is 0 Å². The van der Waals surface area contributed by atoms with Gasteiger partial charge in [-0.15, -0.1) is 0 Å². The number of furan rings is 1. The number of hydrogen-bond acceptors (Lipinski definition) is 1. The highest BCUT2D eigenvalue weighted by Gasteiger charge is 2.36. The number of rotatable bonds is 2. The van der Waals surface area contributed by atoms with Crippen molar-refractivity contribution in [3.63, 3.8) is 0 Å². The highest BCUT2D eigenvalue weighted by Crippen LogP contribution is 2.53. The minimum Gasteiger partial charge on any atom is -0.456 e. The van der Waals surface area contributed by atoms with E-state index in [0.717, 1.165) is 11.2 Å². The zero-order valence-electron chi connectivity index (χ0n) is 27.9. The summed E-state index contributed by atoms with van der Waals surface area (Å²) < 4.78 is 6.31. The quantitative estimate of drug-likeness (QED) is 0.172. The molecule has 0 saturated carbocycles. The zero-order valence-corrected chi connectivity index (χ0v) is 27.9. The van der Waals surface area contributed by atoms with Crippen LogP contribution in [0.3, 0.4) is 0 Å². The largest absolute Gasteiger partial charge is 0.456 e. The van der Waals surface area contributed by atoms with Crippen molar-refractivity contribution in [2.24, 2.45) is 0 Å². The van der Waals surface area contributed by atoms with Gasteiger partial charge < -0.3 is 4.42 Å². The van der Waals surface area contributed by atoms with Crippen LogP contribution in [0.25, 0.3) is 98.4 Å². The van der Waals surface area contributed by atoms with Crippen LogP contribution in [0, 0.1) is 0 Å². The van der Waals surface area contributed by atoms with E-state index in [-0.39, 0.29) is 5.41 Å². The molecule has 0 fully saturated rings. The second kappa shape index (κ2) is 9.94. The van der Waals surface area contributed by atoms with Crippen molar-refractivity contribution in [3.8, 4) is 33.4 Å². The predicted molar refractivity (Wildman–Crippen MR) is 212 cm³/mol. The van der Waals surface area contributed by atoms with Gasteiger partial charge in [0.05, 0.1) is 0 Å². The molecule has 0 amide bonds. The highest BCUT2D eigenvalue weighted by molar-refractivity contribution is 6.23. The molecule has 0 aliphatic heterocycles. The smallest absolute Gasteiger partial charge is 0.136 e. The average molecular weight is 637 g/mol. The fourth-order valence-electron chi connectivity index (χ4n) is 9.05. The number of benzene rings is 9. The molecule has 1 aromatic heterocycles. The average Bonchev–Trinajstić information content (AvgIpc) is 3.62. The summed E-state index contributed by atoms with van der Waals surface area (Å²) in [7, 11) is 0. The molecule has 11 rings (SSSR count). The Morgan fingerprint density at radius 2 is 0.960 bits per heavy atom. The van der Waals surface area contributed by atoms with Gasteiger partial charge in [-0.05, 0) is 124 Å². The molecule has 0 saturated heterocycles. The van der Waals surface area contributed by atoms with Gasteiger partial charge in [0.25, 0.3) is 0 Å². The summed E-state index contributed by atoms with van der Waals surface area (Å²) >= 11 is 0. The monoisotopic (exact) mass is 636 g/mol. The Bertz CT molecular complexity index is 3000. The van der Waals surface area contributed by atoms with E-state index in [2.05, 4.69) is 166 Å². The lowest BCUT2D eigenvalue weighted by molar-refractivity contribution is 0.661. The molecule has 1 aliphatic carbocycles. The van der Waals surface area contributed by atoms with Crippen LogP contribution in [0.2, 0.25) is 0 Å². The molecule has 1 heteroatoms. The lowest BCUT2D eigenvalue weighted by Crippen LogP contribution is -2.14. The Kier molecular flexibility index (Phi) is 5.51. The first kappa shape index (κ1) is 27.7. The van der Waals surface area contributed by atoms with Gasteiger partial charge in [-0.3, -0.25) is 0 Å². The molecule has 1 heterocycles. The van der Waals surface area contributed by atoms with Gasteiger partial charge in [-0.25, -0.2) is 0 Å². The summed E-state index contributed by atoms with van der Waals surface area (Å²) in [6.45, 7) is 4.75. The molecule has 1 aliphatic rings. The molecule has 1 nitrogen and oxygen atoms in total. The van der Waals surface area contributed by atoms with Gasteiger partial charge in [-0.1, -0.05) is 135 Å². The fourth-order valence-corrected chi connectivity index (χ4v) is 9.05. The maximum atomic E-state index is 6.31. The zero-order chi connectivity index (χ0) is 33.1. The first-order valence-corrected chi connectivity index (χ1v) is 17.5. The Labute approximate surface area is 290 Å². The first-order valence-electron chi connectivity index (χ1n) is 17.5. The molecule has 0 atom stereocenters. The summed E-state index contributed by atoms with van der Waals surface area (Å²) in [5.74, 6) is 0. The maximum Gasteiger partial charge on any atom is 0.136 e. The van der Waals surface area contributed by atoms with Crippen molar-refractivity contribution < 1.29 is 4.42 Å². The van der Waals surface area contributed by atoms with Gasteiger partial charge in [0.1, 0.15) is 11.2 Å². The van der Waals surface area contributed by atoms with Crippen molar-refractivity contribution in [1.29, 1.82) is 0 Å². The van der Waals surface area contributed by atoms with E-state index in [9.17, 15) is 0 Å². The molecule has 9 aromatic carbocycles. The van der Waals surface area contributed by atoms with Crippen LogP contribution in [-0.2, 0) is 5.41 Å². The molecule has 10 aromatic rings.